The average Bonchev–Trinajstić information content (AvgIpc) is 3.88. The molecule has 0 fully saturated rings. The lowest BCUT2D eigenvalue weighted by Crippen LogP contribution is -2.03. The van der Waals surface area contributed by atoms with Crippen molar-refractivity contribution in [3.05, 3.63) is 193 Å². The highest BCUT2D eigenvalue weighted by molar-refractivity contribution is 6.13. The van der Waals surface area contributed by atoms with Crippen molar-refractivity contribution < 1.29 is 0 Å². The third-order valence-corrected chi connectivity index (χ3v) is 11.1. The van der Waals surface area contributed by atoms with Gasteiger partial charge in [0.05, 0.1) is 62.7 Å². The number of rotatable bonds is 4. The number of fused-ring (bicyclic) bond motifs is 9. The van der Waals surface area contributed by atoms with Crippen molar-refractivity contribution >= 4 is 71.1 Å². The van der Waals surface area contributed by atoms with E-state index in [0.717, 1.165) is 82.8 Å². The Hall–Kier alpha value is -7.86. The van der Waals surface area contributed by atoms with Crippen LogP contribution in [0.4, 0.5) is 5.69 Å². The summed E-state index contributed by atoms with van der Waals surface area (Å²) in [6.07, 6.45) is 0. The maximum Gasteiger partial charge on any atom is 0.188 e. The topological polar surface area (TPSA) is 42.9 Å². The van der Waals surface area contributed by atoms with Crippen molar-refractivity contribution in [2.45, 2.75) is 0 Å². The molecular formula is C50H29N5. The molecule has 3 heterocycles. The van der Waals surface area contributed by atoms with Crippen LogP contribution in [-0.4, -0.2) is 13.7 Å². The molecule has 11 aromatic rings. The van der Waals surface area contributed by atoms with Gasteiger partial charge in [0.2, 0.25) is 0 Å². The number of nitriles is 1. The molecule has 0 radical (unpaired) electrons. The predicted octanol–water partition coefficient (Wildman–Crippen LogP) is 13.1. The average molecular weight is 700 g/mol. The Balaban J connectivity index is 1.22. The first-order valence-corrected chi connectivity index (χ1v) is 18.3. The van der Waals surface area contributed by atoms with E-state index in [1.807, 2.05) is 42.5 Å². The molecule has 0 saturated carbocycles. The summed E-state index contributed by atoms with van der Waals surface area (Å²) in [6, 6.07) is 63.7. The van der Waals surface area contributed by atoms with Crippen molar-refractivity contribution in [2.24, 2.45) is 0 Å². The lowest BCUT2D eigenvalue weighted by molar-refractivity contribution is 1.15. The van der Waals surface area contributed by atoms with Gasteiger partial charge in [-0.05, 0) is 72.1 Å². The highest BCUT2D eigenvalue weighted by Crippen LogP contribution is 2.43. The van der Waals surface area contributed by atoms with Crippen LogP contribution in [0.25, 0.3) is 98.5 Å². The third kappa shape index (κ3) is 4.39. The predicted molar refractivity (Wildman–Crippen MR) is 226 cm³/mol. The minimum absolute atomic E-state index is 0.584. The van der Waals surface area contributed by atoms with Crippen molar-refractivity contribution in [3.8, 4) is 34.3 Å². The molecule has 5 nitrogen and oxygen atoms in total. The molecule has 0 N–H and O–H groups in total. The molecule has 8 aromatic carbocycles. The van der Waals surface area contributed by atoms with Crippen molar-refractivity contribution in [2.75, 3.05) is 0 Å². The number of benzene rings is 8. The van der Waals surface area contributed by atoms with Crippen molar-refractivity contribution in [1.82, 2.24) is 13.7 Å². The third-order valence-electron chi connectivity index (χ3n) is 11.1. The minimum atomic E-state index is 0.584. The maximum absolute atomic E-state index is 10.8. The fraction of sp³-hybridized carbons (Fsp3) is 0. The van der Waals surface area contributed by atoms with E-state index in [0.29, 0.717) is 11.3 Å². The number of para-hydroxylation sites is 5. The summed E-state index contributed by atoms with van der Waals surface area (Å²) in [5.74, 6) is 0. The molecule has 5 heteroatoms. The van der Waals surface area contributed by atoms with Crippen LogP contribution in [0.2, 0.25) is 0 Å². The van der Waals surface area contributed by atoms with Gasteiger partial charge in [-0.3, -0.25) is 0 Å². The van der Waals surface area contributed by atoms with E-state index in [4.69, 9.17) is 6.57 Å². The zero-order chi connectivity index (χ0) is 36.6. The van der Waals surface area contributed by atoms with E-state index < -0.39 is 0 Å². The maximum atomic E-state index is 10.8. The molecule has 3 aromatic heterocycles. The smallest absolute Gasteiger partial charge is 0.188 e. The van der Waals surface area contributed by atoms with E-state index >= 15 is 0 Å². The highest BCUT2D eigenvalue weighted by Gasteiger charge is 2.23. The largest absolute Gasteiger partial charge is 0.309 e. The summed E-state index contributed by atoms with van der Waals surface area (Å²) >= 11 is 0. The van der Waals surface area contributed by atoms with Gasteiger partial charge in [-0.1, -0.05) is 109 Å². The van der Waals surface area contributed by atoms with Gasteiger partial charge in [0, 0.05) is 43.7 Å². The normalized spacial score (nSPS) is 11.6. The fourth-order valence-electron chi connectivity index (χ4n) is 8.83. The van der Waals surface area contributed by atoms with Gasteiger partial charge < -0.3 is 13.7 Å². The standard InChI is InChI=1S/C50H29N5/c1-52-33-25-28-47-41(29-33)38-17-5-10-22-45(38)54(47)48-24-12-13-32(31-51)50(48)40-18-6-11-23-46(40)55-44-21-9-4-16-37(44)39-27-26-34(30-49(39)55)53-42-19-7-2-14-35(42)36-15-3-8-20-43(36)53/h2-30H. The molecule has 0 bridgehead atoms. The van der Waals surface area contributed by atoms with Crippen LogP contribution >= 0.6 is 0 Å². The van der Waals surface area contributed by atoms with Crippen LogP contribution in [-0.2, 0) is 0 Å². The van der Waals surface area contributed by atoms with Crippen molar-refractivity contribution in [3.63, 3.8) is 0 Å². The molecule has 0 spiro atoms. The zero-order valence-electron chi connectivity index (χ0n) is 29.5. The molecule has 0 atom stereocenters. The summed E-state index contributed by atoms with van der Waals surface area (Å²) in [4.78, 5) is 3.74. The van der Waals surface area contributed by atoms with Crippen LogP contribution in [0.15, 0.2) is 176 Å². The molecule has 0 aliphatic rings. The van der Waals surface area contributed by atoms with Crippen LogP contribution < -0.4 is 0 Å². The number of hydrogen-bond acceptors (Lipinski definition) is 1. The second kappa shape index (κ2) is 11.8. The van der Waals surface area contributed by atoms with Crippen molar-refractivity contribution in [1.29, 1.82) is 5.26 Å². The van der Waals surface area contributed by atoms with Crippen LogP contribution in [0.1, 0.15) is 5.56 Å². The number of aromatic nitrogens is 3. The lowest BCUT2D eigenvalue weighted by Gasteiger charge is -2.19. The second-order valence-corrected chi connectivity index (χ2v) is 13.9. The van der Waals surface area contributed by atoms with Gasteiger partial charge in [0.25, 0.3) is 0 Å². The van der Waals surface area contributed by atoms with Gasteiger partial charge in [-0.2, -0.15) is 5.26 Å². The minimum Gasteiger partial charge on any atom is -0.309 e. The van der Waals surface area contributed by atoms with E-state index in [2.05, 4.69) is 158 Å². The molecule has 0 aliphatic carbocycles. The summed E-state index contributed by atoms with van der Waals surface area (Å²) in [5, 5.41) is 17.6. The molecular weight excluding hydrogens is 671 g/mol. The summed E-state index contributed by atoms with van der Waals surface area (Å²) in [7, 11) is 0. The first-order valence-electron chi connectivity index (χ1n) is 18.3. The Morgan fingerprint density at radius 3 is 1.56 bits per heavy atom. The Kier molecular flexibility index (Phi) is 6.61. The molecule has 55 heavy (non-hydrogen) atoms. The van der Waals surface area contributed by atoms with E-state index in [1.54, 1.807) is 0 Å². The molecule has 0 aliphatic heterocycles. The zero-order valence-corrected chi connectivity index (χ0v) is 29.5. The first kappa shape index (κ1) is 30.7. The van der Waals surface area contributed by atoms with Crippen LogP contribution in [0.5, 0.6) is 0 Å². The van der Waals surface area contributed by atoms with Gasteiger partial charge in [-0.25, -0.2) is 4.85 Å². The van der Waals surface area contributed by atoms with Gasteiger partial charge in [-0.15, -0.1) is 0 Å². The summed E-state index contributed by atoms with van der Waals surface area (Å²) < 4.78 is 6.98. The Morgan fingerprint density at radius 2 is 0.927 bits per heavy atom. The molecule has 254 valence electrons. The Bertz CT molecular complexity index is 3420. The van der Waals surface area contributed by atoms with Crippen LogP contribution in [0.3, 0.4) is 0 Å². The summed E-state index contributed by atoms with van der Waals surface area (Å²) in [5.41, 5.74) is 12.4. The first-order chi connectivity index (χ1) is 27.2. The second-order valence-electron chi connectivity index (χ2n) is 13.9. The molecule has 0 amide bonds. The van der Waals surface area contributed by atoms with E-state index in [9.17, 15) is 5.26 Å². The highest BCUT2D eigenvalue weighted by atomic mass is 15.0. The summed E-state index contributed by atoms with van der Waals surface area (Å²) in [6.45, 7) is 7.71. The Morgan fingerprint density at radius 1 is 0.418 bits per heavy atom. The molecule has 0 saturated heterocycles. The van der Waals surface area contributed by atoms with Gasteiger partial charge in [0.15, 0.2) is 5.69 Å². The quantitative estimate of drug-likeness (QED) is 0.169. The molecule has 11 rings (SSSR count). The number of nitrogens with zero attached hydrogens (tertiary/aromatic N) is 5. The SMILES string of the molecule is [C-]#[N+]c1ccc2c(c1)c1ccccc1n2-c1cccc(C#N)c1-c1ccccc1-n1c2ccccc2c2ccc(-n3c4ccccc4c4ccccc43)cc21. The van der Waals surface area contributed by atoms with E-state index in [1.165, 1.54) is 10.8 Å². The lowest BCUT2D eigenvalue weighted by atomic mass is 9.96. The fourth-order valence-corrected chi connectivity index (χ4v) is 8.83. The van der Waals surface area contributed by atoms with Crippen LogP contribution in [0, 0.1) is 17.9 Å². The van der Waals surface area contributed by atoms with Gasteiger partial charge in [0.1, 0.15) is 0 Å². The Labute approximate surface area is 316 Å². The van der Waals surface area contributed by atoms with E-state index in [-0.39, 0.29) is 0 Å². The van der Waals surface area contributed by atoms with Gasteiger partial charge >= 0.3 is 0 Å². The number of hydrogen-bond donors (Lipinski definition) is 0. The molecule has 0 unspecified atom stereocenters. The monoisotopic (exact) mass is 699 g/mol.